The van der Waals surface area contributed by atoms with Crippen LogP contribution in [0.1, 0.15) is 10.4 Å². The second-order valence-electron chi connectivity index (χ2n) is 4.00. The van der Waals surface area contributed by atoms with E-state index in [2.05, 4.69) is 5.32 Å². The summed E-state index contributed by atoms with van der Waals surface area (Å²) in [4.78, 5) is 12.0. The number of nitrogens with one attached hydrogen (secondary N) is 1. The van der Waals surface area contributed by atoms with Crippen LogP contribution in [0.2, 0.25) is 10.0 Å². The lowest BCUT2D eigenvalue weighted by Gasteiger charge is -2.08. The third-order valence-electron chi connectivity index (χ3n) is 2.56. The van der Waals surface area contributed by atoms with Crippen molar-refractivity contribution >= 4 is 34.8 Å². The van der Waals surface area contributed by atoms with Crippen LogP contribution in [0.4, 0.5) is 5.69 Å². The van der Waals surface area contributed by atoms with E-state index in [4.69, 9.17) is 27.9 Å². The van der Waals surface area contributed by atoms with Gasteiger partial charge >= 0.3 is 0 Å². The van der Waals surface area contributed by atoms with E-state index < -0.39 is 0 Å². The minimum Gasteiger partial charge on any atom is -0.504 e. The molecule has 4 nitrogen and oxygen atoms in total. The molecule has 0 heterocycles. The third-order valence-corrected chi connectivity index (χ3v) is 3.00. The number of hydrogen-bond donors (Lipinski definition) is 2. The first kappa shape index (κ1) is 14.5. The summed E-state index contributed by atoms with van der Waals surface area (Å²) >= 11 is 11.7. The SMILES string of the molecule is COc1ccc(C(=O)Nc2cc(Cl)cc(Cl)c2)cc1O. The lowest BCUT2D eigenvalue weighted by molar-refractivity contribution is 0.102. The molecule has 0 radical (unpaired) electrons. The Morgan fingerprint density at radius 2 is 1.80 bits per heavy atom. The van der Waals surface area contributed by atoms with Crippen LogP contribution in [0.5, 0.6) is 11.5 Å². The Labute approximate surface area is 125 Å². The number of aromatic hydroxyl groups is 1. The largest absolute Gasteiger partial charge is 0.504 e. The van der Waals surface area contributed by atoms with Crippen molar-refractivity contribution in [3.05, 3.63) is 52.0 Å². The zero-order chi connectivity index (χ0) is 14.7. The fourth-order valence-corrected chi connectivity index (χ4v) is 2.19. The molecule has 20 heavy (non-hydrogen) atoms. The number of hydrogen-bond acceptors (Lipinski definition) is 3. The minimum absolute atomic E-state index is 0.107. The summed E-state index contributed by atoms with van der Waals surface area (Å²) in [5.41, 5.74) is 0.766. The van der Waals surface area contributed by atoms with E-state index in [1.807, 2.05) is 0 Å². The molecule has 0 aliphatic heterocycles. The highest BCUT2D eigenvalue weighted by Gasteiger charge is 2.10. The number of halogens is 2. The molecular formula is C14H11Cl2NO3. The average Bonchev–Trinajstić information content (AvgIpc) is 2.37. The molecule has 104 valence electrons. The van der Waals surface area contributed by atoms with Gasteiger partial charge in [0.15, 0.2) is 11.5 Å². The van der Waals surface area contributed by atoms with Gasteiger partial charge in [0.25, 0.3) is 5.91 Å². The highest BCUT2D eigenvalue weighted by molar-refractivity contribution is 6.35. The lowest BCUT2D eigenvalue weighted by Crippen LogP contribution is -2.11. The van der Waals surface area contributed by atoms with Gasteiger partial charge in [-0.1, -0.05) is 23.2 Å². The minimum atomic E-state index is -0.388. The van der Waals surface area contributed by atoms with E-state index in [9.17, 15) is 9.90 Å². The number of phenolic OH excluding ortho intramolecular Hbond substituents is 1. The van der Waals surface area contributed by atoms with E-state index in [-0.39, 0.29) is 11.7 Å². The highest BCUT2D eigenvalue weighted by atomic mass is 35.5. The van der Waals surface area contributed by atoms with E-state index >= 15 is 0 Å². The molecule has 2 rings (SSSR count). The first-order valence-corrected chi connectivity index (χ1v) is 6.39. The monoisotopic (exact) mass is 311 g/mol. The van der Waals surface area contributed by atoms with Crippen molar-refractivity contribution in [2.75, 3.05) is 12.4 Å². The maximum Gasteiger partial charge on any atom is 0.255 e. The van der Waals surface area contributed by atoms with Crippen molar-refractivity contribution in [1.29, 1.82) is 0 Å². The van der Waals surface area contributed by atoms with Gasteiger partial charge in [-0.05, 0) is 36.4 Å². The fraction of sp³-hybridized carbons (Fsp3) is 0.0714. The maximum atomic E-state index is 12.0. The topological polar surface area (TPSA) is 58.6 Å². The Bertz CT molecular complexity index is 639. The number of ether oxygens (including phenoxy) is 1. The standard InChI is InChI=1S/C14H11Cl2NO3/c1-20-13-3-2-8(4-12(13)18)14(19)17-11-6-9(15)5-10(16)7-11/h2-7,18H,1H3,(H,17,19). The van der Waals surface area contributed by atoms with Gasteiger partial charge < -0.3 is 15.2 Å². The van der Waals surface area contributed by atoms with Gasteiger partial charge in [-0.2, -0.15) is 0 Å². The van der Waals surface area contributed by atoms with Crippen LogP contribution in [0.3, 0.4) is 0 Å². The Balaban J connectivity index is 2.21. The molecule has 0 aromatic heterocycles. The van der Waals surface area contributed by atoms with Gasteiger partial charge in [0.05, 0.1) is 7.11 Å². The van der Waals surface area contributed by atoms with Crippen LogP contribution in [-0.2, 0) is 0 Å². The van der Waals surface area contributed by atoms with Gasteiger partial charge in [-0.25, -0.2) is 0 Å². The van der Waals surface area contributed by atoms with Crippen molar-refractivity contribution in [1.82, 2.24) is 0 Å². The highest BCUT2D eigenvalue weighted by Crippen LogP contribution is 2.27. The van der Waals surface area contributed by atoms with Crippen LogP contribution in [0.15, 0.2) is 36.4 Å². The molecule has 2 N–H and O–H groups in total. The van der Waals surface area contributed by atoms with Gasteiger partial charge in [-0.15, -0.1) is 0 Å². The molecule has 2 aromatic carbocycles. The molecule has 0 saturated carbocycles. The van der Waals surface area contributed by atoms with E-state index in [1.54, 1.807) is 24.3 Å². The smallest absolute Gasteiger partial charge is 0.255 e. The second-order valence-corrected chi connectivity index (χ2v) is 4.87. The van der Waals surface area contributed by atoms with Crippen molar-refractivity contribution in [2.24, 2.45) is 0 Å². The first-order chi connectivity index (χ1) is 9.49. The van der Waals surface area contributed by atoms with Crippen molar-refractivity contribution in [2.45, 2.75) is 0 Å². The zero-order valence-electron chi connectivity index (χ0n) is 10.5. The fourth-order valence-electron chi connectivity index (χ4n) is 1.66. The molecular weight excluding hydrogens is 301 g/mol. The molecule has 2 aromatic rings. The van der Waals surface area contributed by atoms with Crippen LogP contribution in [0.25, 0.3) is 0 Å². The maximum absolute atomic E-state index is 12.0. The number of anilines is 1. The van der Waals surface area contributed by atoms with Gasteiger partial charge in [-0.3, -0.25) is 4.79 Å². The Hall–Kier alpha value is -1.91. The molecule has 0 aliphatic rings. The second kappa shape index (κ2) is 6.03. The van der Waals surface area contributed by atoms with E-state index in [1.165, 1.54) is 19.2 Å². The number of carbonyl (C=O) groups excluding carboxylic acids is 1. The average molecular weight is 312 g/mol. The number of carbonyl (C=O) groups is 1. The van der Waals surface area contributed by atoms with Crippen LogP contribution in [0, 0.1) is 0 Å². The zero-order valence-corrected chi connectivity index (χ0v) is 12.0. The number of rotatable bonds is 3. The molecule has 0 bridgehead atoms. The molecule has 0 fully saturated rings. The first-order valence-electron chi connectivity index (χ1n) is 5.64. The van der Waals surface area contributed by atoms with Crippen molar-refractivity contribution in [3.63, 3.8) is 0 Å². The number of phenols is 1. The summed E-state index contributed by atoms with van der Waals surface area (Å²) in [7, 11) is 1.43. The molecule has 0 atom stereocenters. The lowest BCUT2D eigenvalue weighted by atomic mass is 10.2. The number of amides is 1. The summed E-state index contributed by atoms with van der Waals surface area (Å²) in [5, 5.41) is 13.1. The molecule has 6 heteroatoms. The quantitative estimate of drug-likeness (QED) is 0.902. The summed E-state index contributed by atoms with van der Waals surface area (Å²) in [5.74, 6) is -0.196. The predicted molar refractivity (Wildman–Crippen MR) is 79.1 cm³/mol. The van der Waals surface area contributed by atoms with Crippen LogP contribution < -0.4 is 10.1 Å². The Morgan fingerprint density at radius 1 is 1.15 bits per heavy atom. The molecule has 1 amide bonds. The van der Waals surface area contributed by atoms with Crippen LogP contribution >= 0.6 is 23.2 Å². The normalized spacial score (nSPS) is 10.2. The van der Waals surface area contributed by atoms with Gasteiger partial charge in [0.2, 0.25) is 0 Å². The van der Waals surface area contributed by atoms with Crippen molar-refractivity contribution < 1.29 is 14.6 Å². The van der Waals surface area contributed by atoms with Gasteiger partial charge in [0.1, 0.15) is 0 Å². The predicted octanol–water partition coefficient (Wildman–Crippen LogP) is 3.96. The van der Waals surface area contributed by atoms with E-state index in [0.717, 1.165) is 0 Å². The molecule has 0 unspecified atom stereocenters. The van der Waals surface area contributed by atoms with Gasteiger partial charge in [0, 0.05) is 21.3 Å². The summed E-state index contributed by atoms with van der Waals surface area (Å²) in [6.07, 6.45) is 0. The Morgan fingerprint density at radius 3 is 2.35 bits per heavy atom. The molecule has 0 spiro atoms. The Kier molecular flexibility index (Phi) is 4.37. The molecule has 0 aliphatic carbocycles. The number of benzene rings is 2. The summed E-state index contributed by atoms with van der Waals surface area (Å²) < 4.78 is 4.91. The van der Waals surface area contributed by atoms with Crippen molar-refractivity contribution in [3.8, 4) is 11.5 Å². The van der Waals surface area contributed by atoms with Crippen LogP contribution in [-0.4, -0.2) is 18.1 Å². The van der Waals surface area contributed by atoms with E-state index in [0.29, 0.717) is 27.0 Å². The summed E-state index contributed by atoms with van der Waals surface area (Å²) in [6.45, 7) is 0. The number of methoxy groups -OCH3 is 1. The third kappa shape index (κ3) is 3.35. The molecule has 0 saturated heterocycles. The summed E-state index contributed by atoms with van der Waals surface area (Å²) in [6, 6.07) is 9.09.